The predicted octanol–water partition coefficient (Wildman–Crippen LogP) is -1.14. The Hall–Kier alpha value is -0.880. The van der Waals surface area contributed by atoms with Gasteiger partial charge in [0, 0.05) is 6.08 Å². The highest BCUT2D eigenvalue weighted by Crippen LogP contribution is 2.18. The van der Waals surface area contributed by atoms with E-state index in [-0.39, 0.29) is 5.82 Å². The van der Waals surface area contributed by atoms with Gasteiger partial charge in [-0.1, -0.05) is 18.7 Å². The lowest BCUT2D eigenvalue weighted by Gasteiger charge is -2.32. The third-order valence-electron chi connectivity index (χ3n) is 1.25. The fourth-order valence-electron chi connectivity index (χ4n) is 0.888. The van der Waals surface area contributed by atoms with Crippen molar-refractivity contribution in [3.63, 3.8) is 0 Å². The molecule has 0 saturated heterocycles. The molecule has 68 valence electrons. The van der Waals surface area contributed by atoms with Crippen molar-refractivity contribution in [2.45, 2.75) is 12.1 Å². The maximum atomic E-state index is 10.9. The number of carbonyl (C=O) groups is 1. The molecule has 0 spiro atoms. The van der Waals surface area contributed by atoms with E-state index in [4.69, 9.17) is 5.73 Å². The predicted molar refractivity (Wildman–Crippen MR) is 46.6 cm³/mol. The van der Waals surface area contributed by atoms with E-state index in [0.29, 0.717) is 5.75 Å². The lowest BCUT2D eigenvalue weighted by atomic mass is 10.4. The maximum absolute atomic E-state index is 10.9. The summed E-state index contributed by atoms with van der Waals surface area (Å²) in [6, 6.07) is 0. The summed E-state index contributed by atoms with van der Waals surface area (Å²) in [5, 5.41) is 13.0. The van der Waals surface area contributed by atoms with Gasteiger partial charge in [-0.15, -0.1) is 0 Å². The Labute approximate surface area is 74.4 Å². The van der Waals surface area contributed by atoms with Crippen LogP contribution in [0.15, 0.2) is 11.9 Å². The van der Waals surface area contributed by atoms with E-state index in [0.717, 1.165) is 11.8 Å². The standard InChI is InChI=1S/C6H11N3O2S/c1-2-12-6(11)8-4(7)3-5(10)9-6/h3,8,11H,2,7H2,1H3,(H,9,10). The monoisotopic (exact) mass is 189 g/mol. The summed E-state index contributed by atoms with van der Waals surface area (Å²) in [5.74, 6) is 0.439. The smallest absolute Gasteiger partial charge is 0.269 e. The molecule has 5 nitrogen and oxygen atoms in total. The van der Waals surface area contributed by atoms with Gasteiger partial charge in [0.1, 0.15) is 5.82 Å². The molecule has 1 aliphatic heterocycles. The maximum Gasteiger partial charge on any atom is 0.269 e. The largest absolute Gasteiger partial charge is 0.385 e. The Kier molecular flexibility index (Phi) is 2.49. The number of hydrogen-bond donors (Lipinski definition) is 4. The van der Waals surface area contributed by atoms with Crippen LogP contribution in [0.5, 0.6) is 0 Å². The fraction of sp³-hybridized carbons (Fsp3) is 0.500. The number of carbonyl (C=O) groups excluding carboxylic acids is 1. The van der Waals surface area contributed by atoms with Crippen molar-refractivity contribution in [1.82, 2.24) is 10.6 Å². The lowest BCUT2D eigenvalue weighted by Crippen LogP contribution is -2.59. The van der Waals surface area contributed by atoms with Crippen molar-refractivity contribution in [1.29, 1.82) is 0 Å². The zero-order valence-electron chi connectivity index (χ0n) is 6.63. The van der Waals surface area contributed by atoms with E-state index in [1.807, 2.05) is 6.92 Å². The molecule has 0 aromatic heterocycles. The Balaban J connectivity index is 2.71. The molecule has 0 aromatic rings. The quantitative estimate of drug-likeness (QED) is 0.413. The zero-order chi connectivity index (χ0) is 9.19. The van der Waals surface area contributed by atoms with Crippen molar-refractivity contribution < 1.29 is 9.90 Å². The molecule has 12 heavy (non-hydrogen) atoms. The van der Waals surface area contributed by atoms with Gasteiger partial charge < -0.3 is 16.2 Å². The van der Waals surface area contributed by atoms with Crippen LogP contribution in [-0.4, -0.2) is 21.9 Å². The van der Waals surface area contributed by atoms with Crippen LogP contribution in [-0.2, 0) is 4.79 Å². The summed E-state index contributed by atoms with van der Waals surface area (Å²) >= 11 is 1.15. The zero-order valence-corrected chi connectivity index (χ0v) is 7.44. The molecule has 1 atom stereocenters. The van der Waals surface area contributed by atoms with E-state index in [9.17, 15) is 9.90 Å². The molecule has 5 N–H and O–H groups in total. The summed E-state index contributed by atoms with van der Waals surface area (Å²) in [5.41, 5.74) is 5.35. The average Bonchev–Trinajstić information content (AvgIpc) is 1.82. The van der Waals surface area contributed by atoms with Gasteiger partial charge in [0.2, 0.25) is 0 Å². The third kappa shape index (κ3) is 2.05. The fourth-order valence-corrected chi connectivity index (χ4v) is 1.67. The molecule has 1 amide bonds. The summed E-state index contributed by atoms with van der Waals surface area (Å²) in [7, 11) is 0. The van der Waals surface area contributed by atoms with Crippen LogP contribution in [0.25, 0.3) is 0 Å². The van der Waals surface area contributed by atoms with E-state index < -0.39 is 11.1 Å². The lowest BCUT2D eigenvalue weighted by molar-refractivity contribution is -0.122. The Morgan fingerprint density at radius 2 is 2.42 bits per heavy atom. The van der Waals surface area contributed by atoms with Gasteiger partial charge in [-0.3, -0.25) is 10.1 Å². The van der Waals surface area contributed by atoms with E-state index in [1.54, 1.807) is 0 Å². The van der Waals surface area contributed by atoms with Crippen molar-refractivity contribution in [3.8, 4) is 0 Å². The van der Waals surface area contributed by atoms with Gasteiger partial charge in [0.25, 0.3) is 11.1 Å². The van der Waals surface area contributed by atoms with Crippen LogP contribution < -0.4 is 16.4 Å². The summed E-state index contributed by atoms with van der Waals surface area (Å²) in [6.45, 7) is 1.87. The minimum atomic E-state index is -1.45. The molecule has 0 saturated carbocycles. The van der Waals surface area contributed by atoms with Crippen LogP contribution >= 0.6 is 11.8 Å². The highest BCUT2D eigenvalue weighted by molar-refractivity contribution is 8.00. The minimum Gasteiger partial charge on any atom is -0.385 e. The van der Waals surface area contributed by atoms with E-state index in [2.05, 4.69) is 10.6 Å². The number of hydrogen-bond acceptors (Lipinski definition) is 5. The van der Waals surface area contributed by atoms with Gasteiger partial charge >= 0.3 is 0 Å². The molecular weight excluding hydrogens is 178 g/mol. The highest BCUT2D eigenvalue weighted by Gasteiger charge is 2.31. The Morgan fingerprint density at radius 1 is 1.75 bits per heavy atom. The van der Waals surface area contributed by atoms with Crippen molar-refractivity contribution in [3.05, 3.63) is 11.9 Å². The molecular formula is C6H11N3O2S. The summed E-state index contributed by atoms with van der Waals surface area (Å²) < 4.78 is 0. The van der Waals surface area contributed by atoms with Crippen LogP contribution in [0.1, 0.15) is 6.92 Å². The van der Waals surface area contributed by atoms with Gasteiger partial charge in [-0.05, 0) is 5.75 Å². The van der Waals surface area contributed by atoms with Gasteiger partial charge in [0.05, 0.1) is 0 Å². The second kappa shape index (κ2) is 3.24. The molecule has 1 aliphatic rings. The molecule has 0 radical (unpaired) electrons. The first-order valence-electron chi connectivity index (χ1n) is 3.49. The number of thioether (sulfide) groups is 1. The van der Waals surface area contributed by atoms with E-state index >= 15 is 0 Å². The number of rotatable bonds is 2. The number of amides is 1. The van der Waals surface area contributed by atoms with E-state index in [1.165, 1.54) is 6.08 Å². The first kappa shape index (κ1) is 9.21. The molecule has 1 rings (SSSR count). The van der Waals surface area contributed by atoms with Gasteiger partial charge in [-0.2, -0.15) is 0 Å². The van der Waals surface area contributed by atoms with Crippen LogP contribution in [0.4, 0.5) is 0 Å². The highest BCUT2D eigenvalue weighted by atomic mass is 32.2. The first-order chi connectivity index (χ1) is 5.56. The third-order valence-corrected chi connectivity index (χ3v) is 2.16. The molecule has 1 unspecified atom stereocenters. The SMILES string of the molecule is CCSC1(O)NC(=O)C=C(N)N1. The summed E-state index contributed by atoms with van der Waals surface area (Å²) in [4.78, 5) is 10.9. The molecule has 0 aliphatic carbocycles. The van der Waals surface area contributed by atoms with Crippen molar-refractivity contribution in [2.24, 2.45) is 5.73 Å². The second-order valence-electron chi connectivity index (χ2n) is 2.29. The normalized spacial score (nSPS) is 28.8. The van der Waals surface area contributed by atoms with Crippen molar-refractivity contribution in [2.75, 3.05) is 5.75 Å². The number of nitrogens with two attached hydrogens (primary N) is 1. The molecule has 6 heteroatoms. The molecule has 0 bridgehead atoms. The van der Waals surface area contributed by atoms with Crippen LogP contribution in [0.2, 0.25) is 0 Å². The van der Waals surface area contributed by atoms with Gasteiger partial charge in [0.15, 0.2) is 0 Å². The molecule has 0 aromatic carbocycles. The molecule has 0 fully saturated rings. The number of nitrogens with one attached hydrogen (secondary N) is 2. The van der Waals surface area contributed by atoms with Crippen LogP contribution in [0, 0.1) is 0 Å². The topological polar surface area (TPSA) is 87.4 Å². The second-order valence-corrected chi connectivity index (χ2v) is 3.75. The summed E-state index contributed by atoms with van der Waals surface area (Å²) in [6.07, 6.45) is 1.19. The Bertz CT molecular complexity index is 231. The van der Waals surface area contributed by atoms with Crippen LogP contribution in [0.3, 0.4) is 0 Å². The number of aliphatic hydroxyl groups is 1. The average molecular weight is 189 g/mol. The Morgan fingerprint density at radius 3 is 2.92 bits per heavy atom. The minimum absolute atomic E-state index is 0.169. The molecule has 1 heterocycles. The van der Waals surface area contributed by atoms with Crippen molar-refractivity contribution >= 4 is 17.7 Å². The first-order valence-corrected chi connectivity index (χ1v) is 4.48. The van der Waals surface area contributed by atoms with Gasteiger partial charge in [-0.25, -0.2) is 0 Å².